The van der Waals surface area contributed by atoms with E-state index < -0.39 is 0 Å². The van der Waals surface area contributed by atoms with Crippen LogP contribution in [-0.2, 0) is 0 Å². The Kier molecular flexibility index (Phi) is 5.69. The van der Waals surface area contributed by atoms with Gasteiger partial charge in [0, 0.05) is 30.9 Å². The van der Waals surface area contributed by atoms with E-state index in [0.29, 0.717) is 12.0 Å². The van der Waals surface area contributed by atoms with Crippen molar-refractivity contribution in [1.29, 1.82) is 0 Å². The quantitative estimate of drug-likeness (QED) is 0.738. The van der Waals surface area contributed by atoms with Crippen molar-refractivity contribution in [1.82, 2.24) is 14.9 Å². The molecule has 0 radical (unpaired) electrons. The molecule has 1 aromatic heterocycles. The highest BCUT2D eigenvalue weighted by Gasteiger charge is 2.11. The van der Waals surface area contributed by atoms with Crippen molar-refractivity contribution in [2.45, 2.75) is 53.0 Å². The van der Waals surface area contributed by atoms with Crippen LogP contribution in [-0.4, -0.2) is 22.6 Å². The molecule has 0 amide bonds. The molecule has 1 atom stereocenters. The van der Waals surface area contributed by atoms with Crippen LogP contribution in [0.4, 0.5) is 0 Å². The highest BCUT2D eigenvalue weighted by atomic mass is 15.1. The molecular weight excluding hydrogens is 210 g/mol. The van der Waals surface area contributed by atoms with E-state index in [9.17, 15) is 0 Å². The number of nitrogens with one attached hydrogen (secondary N) is 1. The van der Waals surface area contributed by atoms with Crippen molar-refractivity contribution in [2.24, 2.45) is 5.92 Å². The summed E-state index contributed by atoms with van der Waals surface area (Å²) in [5.41, 5.74) is 0. The Balaban J connectivity index is 2.41. The molecule has 1 heterocycles. The first kappa shape index (κ1) is 14.2. The van der Waals surface area contributed by atoms with Crippen LogP contribution in [0.1, 0.15) is 58.8 Å². The molecule has 0 aliphatic carbocycles. The van der Waals surface area contributed by atoms with Crippen molar-refractivity contribution in [3.63, 3.8) is 0 Å². The van der Waals surface area contributed by atoms with Crippen LogP contribution < -0.4 is 5.32 Å². The maximum Gasteiger partial charge on any atom is 0.111 e. The van der Waals surface area contributed by atoms with E-state index in [0.717, 1.165) is 19.0 Å². The molecule has 0 aliphatic heterocycles. The number of imidazole rings is 1. The summed E-state index contributed by atoms with van der Waals surface area (Å²) in [5, 5.41) is 3.52. The molecule has 0 spiro atoms. The van der Waals surface area contributed by atoms with Gasteiger partial charge in [-0.3, -0.25) is 0 Å². The van der Waals surface area contributed by atoms with Crippen LogP contribution in [0.25, 0.3) is 0 Å². The first-order valence-electron chi connectivity index (χ1n) is 6.75. The molecule has 98 valence electrons. The van der Waals surface area contributed by atoms with Gasteiger partial charge in [-0.05, 0) is 25.8 Å². The maximum absolute atomic E-state index is 4.43. The third-order valence-corrected chi connectivity index (χ3v) is 3.03. The minimum atomic E-state index is 0.474. The second-order valence-electron chi connectivity index (χ2n) is 5.58. The van der Waals surface area contributed by atoms with E-state index in [4.69, 9.17) is 0 Å². The first-order chi connectivity index (χ1) is 8.02. The zero-order chi connectivity index (χ0) is 12.8. The van der Waals surface area contributed by atoms with E-state index in [1.807, 2.05) is 6.20 Å². The van der Waals surface area contributed by atoms with Gasteiger partial charge in [0.15, 0.2) is 0 Å². The minimum absolute atomic E-state index is 0.474. The van der Waals surface area contributed by atoms with Crippen molar-refractivity contribution in [3.05, 3.63) is 18.2 Å². The van der Waals surface area contributed by atoms with Crippen LogP contribution in [0.5, 0.6) is 0 Å². The van der Waals surface area contributed by atoms with Gasteiger partial charge in [0.1, 0.15) is 5.82 Å². The molecule has 0 bridgehead atoms. The van der Waals surface area contributed by atoms with Gasteiger partial charge in [-0.2, -0.15) is 0 Å². The normalized spacial score (nSPS) is 13.6. The number of rotatable bonds is 7. The molecule has 1 rings (SSSR count). The molecule has 3 heteroatoms. The Morgan fingerprint density at radius 3 is 2.53 bits per heavy atom. The average molecular weight is 237 g/mol. The molecule has 17 heavy (non-hydrogen) atoms. The van der Waals surface area contributed by atoms with Crippen LogP contribution in [0.15, 0.2) is 12.4 Å². The highest BCUT2D eigenvalue weighted by Crippen LogP contribution is 2.16. The summed E-state index contributed by atoms with van der Waals surface area (Å²) >= 11 is 0. The highest BCUT2D eigenvalue weighted by molar-refractivity contribution is 4.99. The summed E-state index contributed by atoms with van der Waals surface area (Å²) in [4.78, 5) is 4.43. The molecule has 0 saturated heterocycles. The monoisotopic (exact) mass is 237 g/mol. The van der Waals surface area contributed by atoms with E-state index in [1.165, 1.54) is 12.2 Å². The number of aromatic nitrogens is 2. The fourth-order valence-corrected chi connectivity index (χ4v) is 1.94. The minimum Gasteiger partial charge on any atom is -0.331 e. The predicted molar refractivity (Wildman–Crippen MR) is 73.4 cm³/mol. The van der Waals surface area contributed by atoms with Gasteiger partial charge in [-0.25, -0.2) is 4.98 Å². The van der Waals surface area contributed by atoms with Gasteiger partial charge in [0.05, 0.1) is 0 Å². The Bertz CT molecular complexity index is 315. The molecule has 0 aromatic carbocycles. The molecule has 0 saturated carbocycles. The number of hydrogen-bond donors (Lipinski definition) is 1. The van der Waals surface area contributed by atoms with Gasteiger partial charge in [-0.1, -0.05) is 27.7 Å². The molecule has 3 nitrogen and oxygen atoms in total. The lowest BCUT2D eigenvalue weighted by molar-refractivity contribution is 0.452. The summed E-state index contributed by atoms with van der Waals surface area (Å²) in [6.07, 6.45) is 5.23. The van der Waals surface area contributed by atoms with Gasteiger partial charge in [-0.15, -0.1) is 0 Å². The van der Waals surface area contributed by atoms with Crippen molar-refractivity contribution < 1.29 is 0 Å². The second-order valence-corrected chi connectivity index (χ2v) is 5.58. The molecule has 0 fully saturated rings. The van der Waals surface area contributed by atoms with Crippen LogP contribution in [0.3, 0.4) is 0 Å². The summed E-state index contributed by atoms with van der Waals surface area (Å²) in [7, 11) is 0. The topological polar surface area (TPSA) is 29.9 Å². The second kappa shape index (κ2) is 6.80. The lowest BCUT2D eigenvalue weighted by atomic mass is 10.1. The molecule has 0 aliphatic rings. The van der Waals surface area contributed by atoms with Crippen LogP contribution in [0, 0.1) is 5.92 Å². The first-order valence-corrected chi connectivity index (χ1v) is 6.75. The lowest BCUT2D eigenvalue weighted by Crippen LogP contribution is -2.26. The fourth-order valence-electron chi connectivity index (χ4n) is 1.94. The molecular formula is C14H27N3. The van der Waals surface area contributed by atoms with E-state index >= 15 is 0 Å². The predicted octanol–water partition coefficient (Wildman–Crippen LogP) is 3.20. The maximum atomic E-state index is 4.43. The van der Waals surface area contributed by atoms with Crippen molar-refractivity contribution >= 4 is 0 Å². The Hall–Kier alpha value is -0.830. The third kappa shape index (κ3) is 4.50. The molecule has 1 aromatic rings. The largest absolute Gasteiger partial charge is 0.331 e. The zero-order valence-electron chi connectivity index (χ0n) is 11.9. The van der Waals surface area contributed by atoms with Gasteiger partial charge < -0.3 is 9.88 Å². The summed E-state index contributed by atoms with van der Waals surface area (Å²) in [5.74, 6) is 2.45. The fraction of sp³-hybridized carbons (Fsp3) is 0.786. The summed E-state index contributed by atoms with van der Waals surface area (Å²) in [6, 6.07) is 0.474. The van der Waals surface area contributed by atoms with Gasteiger partial charge in [0.25, 0.3) is 0 Å². The van der Waals surface area contributed by atoms with E-state index in [1.54, 1.807) is 0 Å². The summed E-state index contributed by atoms with van der Waals surface area (Å²) < 4.78 is 2.28. The van der Waals surface area contributed by atoms with Crippen LogP contribution >= 0.6 is 0 Å². The SMILES string of the molecule is CC(C)CCNCC(C)n1ccnc1C(C)C. The Labute approximate surface area is 106 Å². The lowest BCUT2D eigenvalue weighted by Gasteiger charge is -2.19. The van der Waals surface area contributed by atoms with E-state index in [2.05, 4.69) is 55.7 Å². The van der Waals surface area contributed by atoms with E-state index in [-0.39, 0.29) is 0 Å². The standard InChI is InChI=1S/C14H27N3/c1-11(2)6-7-15-10-13(5)17-9-8-16-14(17)12(3)4/h8-9,11-13,15H,6-7,10H2,1-5H3. The summed E-state index contributed by atoms with van der Waals surface area (Å²) in [6.45, 7) is 13.3. The number of hydrogen-bond acceptors (Lipinski definition) is 2. The van der Waals surface area contributed by atoms with Crippen molar-refractivity contribution in [3.8, 4) is 0 Å². The Morgan fingerprint density at radius 1 is 1.24 bits per heavy atom. The van der Waals surface area contributed by atoms with Crippen LogP contribution in [0.2, 0.25) is 0 Å². The average Bonchev–Trinajstić information content (AvgIpc) is 2.72. The number of nitrogens with zero attached hydrogens (tertiary/aromatic N) is 2. The van der Waals surface area contributed by atoms with Crippen molar-refractivity contribution in [2.75, 3.05) is 13.1 Å². The zero-order valence-corrected chi connectivity index (χ0v) is 11.9. The third-order valence-electron chi connectivity index (χ3n) is 3.03. The molecule has 1 N–H and O–H groups in total. The van der Waals surface area contributed by atoms with Gasteiger partial charge in [0.2, 0.25) is 0 Å². The van der Waals surface area contributed by atoms with Gasteiger partial charge >= 0.3 is 0 Å². The smallest absolute Gasteiger partial charge is 0.111 e. The Morgan fingerprint density at radius 2 is 1.94 bits per heavy atom. The molecule has 1 unspecified atom stereocenters.